The molecule has 0 amide bonds. The zero-order chi connectivity index (χ0) is 55.2. The van der Waals surface area contributed by atoms with Crippen LogP contribution >= 0.6 is 0 Å². The quantitative estimate of drug-likeness (QED) is 0.0319. The van der Waals surface area contributed by atoms with Crippen LogP contribution in [0.25, 0.3) is 22.3 Å². The molecule has 0 aliphatic carbocycles. The molecule has 6 nitrogen and oxygen atoms in total. The van der Waals surface area contributed by atoms with Crippen molar-refractivity contribution in [3.05, 3.63) is 256 Å². The van der Waals surface area contributed by atoms with E-state index < -0.39 is 0 Å². The lowest BCUT2D eigenvalue weighted by Crippen LogP contribution is -2.41. The van der Waals surface area contributed by atoms with Crippen molar-refractivity contribution in [3.8, 4) is 22.3 Å². The number of hydrogen-bond acceptors (Lipinski definition) is 6. The molecule has 0 bridgehead atoms. The molecule has 0 spiro atoms. The Bertz CT molecular complexity index is 2770. The van der Waals surface area contributed by atoms with Gasteiger partial charge in [0.1, 0.15) is 0 Å². The molecule has 8 aromatic rings. The molecule has 1 aliphatic rings. The van der Waals surface area contributed by atoms with E-state index in [2.05, 4.69) is 228 Å². The monoisotopic (exact) mass is 1070 g/mol. The highest BCUT2D eigenvalue weighted by molar-refractivity contribution is 6.62. The maximum Gasteiger partial charge on any atom is 0.494 e. The Morgan fingerprint density at radius 2 is 0.562 bits per heavy atom. The van der Waals surface area contributed by atoms with Crippen LogP contribution in [0.1, 0.15) is 115 Å². The van der Waals surface area contributed by atoms with Gasteiger partial charge in [-0.2, -0.15) is 0 Å². The van der Waals surface area contributed by atoms with Gasteiger partial charge in [0.25, 0.3) is 0 Å². The molecule has 8 aromatic carbocycles. The third kappa shape index (κ3) is 18.0. The van der Waals surface area contributed by atoms with Crippen molar-refractivity contribution in [2.45, 2.75) is 136 Å². The summed E-state index contributed by atoms with van der Waals surface area (Å²) in [7, 11) is -0.366. The Kier molecular flexibility index (Phi) is 21.7. The summed E-state index contributed by atoms with van der Waals surface area (Å²) in [5.41, 5.74) is 18.2. The normalized spacial score (nSPS) is 13.7. The smallest absolute Gasteiger partial charge is 0.399 e. The molecule has 0 radical (unpaired) electrons. The lowest BCUT2D eigenvalue weighted by Gasteiger charge is -2.32. The van der Waals surface area contributed by atoms with E-state index in [1.54, 1.807) is 0 Å². The van der Waals surface area contributed by atoms with E-state index in [9.17, 15) is 0 Å². The first-order valence-electron chi connectivity index (χ1n) is 29.4. The van der Waals surface area contributed by atoms with Crippen LogP contribution in [0.2, 0.25) is 0 Å². The second-order valence-electron chi connectivity index (χ2n) is 22.7. The van der Waals surface area contributed by atoms with Crippen molar-refractivity contribution < 1.29 is 28.3 Å². The Labute approximate surface area is 479 Å². The van der Waals surface area contributed by atoms with Gasteiger partial charge in [0.2, 0.25) is 0 Å². The Morgan fingerprint density at radius 1 is 0.287 bits per heavy atom. The third-order valence-corrected chi connectivity index (χ3v) is 15.7. The van der Waals surface area contributed by atoms with Crippen molar-refractivity contribution in [2.75, 3.05) is 26.4 Å². The van der Waals surface area contributed by atoms with Crippen LogP contribution in [0.5, 0.6) is 0 Å². The van der Waals surface area contributed by atoms with Crippen LogP contribution in [0.15, 0.2) is 200 Å². The van der Waals surface area contributed by atoms with Crippen LogP contribution in [-0.4, -0.2) is 44.7 Å². The molecule has 0 N–H and O–H groups in total. The lowest BCUT2D eigenvalue weighted by atomic mass is 9.78. The van der Waals surface area contributed by atoms with Crippen molar-refractivity contribution in [1.29, 1.82) is 0 Å². The number of aryl methyl sites for hydroxylation is 6. The van der Waals surface area contributed by atoms with Crippen molar-refractivity contribution in [3.63, 3.8) is 0 Å². The highest BCUT2D eigenvalue weighted by Crippen LogP contribution is 2.37. The minimum Gasteiger partial charge on any atom is -0.399 e. The van der Waals surface area contributed by atoms with Crippen molar-refractivity contribution in [1.82, 2.24) is 0 Å². The molecule has 0 atom stereocenters. The molecule has 0 unspecified atom stereocenters. The summed E-state index contributed by atoms with van der Waals surface area (Å²) in [6.07, 6.45) is 10.5. The maximum atomic E-state index is 6.39. The van der Waals surface area contributed by atoms with Crippen molar-refractivity contribution in [2.24, 2.45) is 0 Å². The van der Waals surface area contributed by atoms with E-state index in [4.69, 9.17) is 28.3 Å². The summed E-state index contributed by atoms with van der Waals surface area (Å²) in [6, 6.07) is 72.7. The molecule has 1 saturated heterocycles. The molecule has 7 heteroatoms. The van der Waals surface area contributed by atoms with Crippen molar-refractivity contribution >= 4 is 12.6 Å². The van der Waals surface area contributed by atoms with Gasteiger partial charge in [-0.1, -0.05) is 194 Å². The summed E-state index contributed by atoms with van der Waals surface area (Å²) in [4.78, 5) is 0. The Morgan fingerprint density at radius 3 is 0.887 bits per heavy atom. The fourth-order valence-electron chi connectivity index (χ4n) is 10.5. The summed E-state index contributed by atoms with van der Waals surface area (Å²) < 4.78 is 37.6. The third-order valence-electron chi connectivity index (χ3n) is 15.7. The molecular formula is C73H83BO6. The topological polar surface area (TPSA) is 55.4 Å². The van der Waals surface area contributed by atoms with Gasteiger partial charge in [-0.05, 0) is 188 Å². The minimum absolute atomic E-state index is 0.366. The zero-order valence-electron chi connectivity index (χ0n) is 48.0. The van der Waals surface area contributed by atoms with Gasteiger partial charge in [0.05, 0.1) is 37.6 Å². The summed E-state index contributed by atoms with van der Waals surface area (Å²) >= 11 is 0. The maximum absolute atomic E-state index is 6.39. The Hall–Kier alpha value is -6.42. The predicted molar refractivity (Wildman–Crippen MR) is 329 cm³/mol. The molecule has 9 rings (SSSR count). The van der Waals surface area contributed by atoms with E-state index >= 15 is 0 Å². The van der Waals surface area contributed by atoms with E-state index in [1.807, 2.05) is 0 Å². The molecule has 1 fully saturated rings. The summed E-state index contributed by atoms with van der Waals surface area (Å²) in [5.74, 6) is 0. The molecular weight excluding hydrogens is 984 g/mol. The molecule has 0 saturated carbocycles. The van der Waals surface area contributed by atoms with Gasteiger partial charge in [0, 0.05) is 26.4 Å². The van der Waals surface area contributed by atoms with E-state index in [0.29, 0.717) is 52.9 Å². The SMILES string of the molecule is CC1(C)OB(c2ccc(CCCc3cc(-c4cc(CCCOCc5ccccc5)cc(CCCOCc5ccccc5)c4)cc(-c4cc(CCCOCc5ccccc5)cc(CCCOCc5ccccc5)c4)c3)cc2)OC1(C)C. The highest BCUT2D eigenvalue weighted by Gasteiger charge is 2.51. The summed E-state index contributed by atoms with van der Waals surface area (Å²) in [6.45, 7) is 13.8. The highest BCUT2D eigenvalue weighted by atomic mass is 16.7. The number of rotatable bonds is 31. The first kappa shape index (κ1) is 58.2. The van der Waals surface area contributed by atoms with E-state index in [-0.39, 0.29) is 18.3 Å². The molecule has 414 valence electrons. The van der Waals surface area contributed by atoms with Gasteiger partial charge in [0.15, 0.2) is 0 Å². The van der Waals surface area contributed by atoms with Crippen LogP contribution in [0, 0.1) is 0 Å². The average Bonchev–Trinajstić information content (AvgIpc) is 3.99. The Balaban J connectivity index is 0.976. The van der Waals surface area contributed by atoms with E-state index in [0.717, 1.165) is 76.1 Å². The zero-order valence-corrected chi connectivity index (χ0v) is 48.0. The average molecular weight is 1070 g/mol. The fraction of sp³-hybridized carbons (Fsp3) is 0.342. The van der Waals surface area contributed by atoms with Gasteiger partial charge < -0.3 is 28.3 Å². The molecule has 1 heterocycles. The van der Waals surface area contributed by atoms with Crippen LogP contribution in [-0.2, 0) is 93.2 Å². The van der Waals surface area contributed by atoms with E-state index in [1.165, 1.54) is 77.9 Å². The fourth-order valence-corrected chi connectivity index (χ4v) is 10.5. The second kappa shape index (κ2) is 29.9. The van der Waals surface area contributed by atoms with Gasteiger partial charge >= 0.3 is 7.12 Å². The molecule has 1 aliphatic heterocycles. The largest absolute Gasteiger partial charge is 0.494 e. The van der Waals surface area contributed by atoms with Crippen LogP contribution in [0.4, 0.5) is 0 Å². The van der Waals surface area contributed by atoms with Crippen LogP contribution < -0.4 is 5.46 Å². The number of benzene rings is 8. The minimum atomic E-state index is -0.375. The molecule has 0 aromatic heterocycles. The van der Waals surface area contributed by atoms with Crippen LogP contribution in [0.3, 0.4) is 0 Å². The number of hydrogen-bond donors (Lipinski definition) is 0. The lowest BCUT2D eigenvalue weighted by molar-refractivity contribution is 0.00578. The van der Waals surface area contributed by atoms with Gasteiger partial charge in [-0.3, -0.25) is 0 Å². The second-order valence-corrected chi connectivity index (χ2v) is 22.7. The summed E-state index contributed by atoms with van der Waals surface area (Å²) in [5, 5.41) is 0. The van der Waals surface area contributed by atoms with Gasteiger partial charge in [-0.15, -0.1) is 0 Å². The van der Waals surface area contributed by atoms with Gasteiger partial charge in [-0.25, -0.2) is 0 Å². The first-order valence-corrected chi connectivity index (χ1v) is 29.4. The number of ether oxygens (including phenoxy) is 4. The standard InChI is InChI=1S/C73H83BO6/c1-72(2)73(3,4)80-74(79-72)71-38-36-57(37-39-71)30-17-31-66-50-69(67-46-62(32-18-40-75-53-58-22-9-5-10-23-58)44-63(47-67)33-19-41-76-54-59-24-11-6-12-25-59)52-70(51-66)68-48-64(34-20-42-77-55-60-26-13-7-14-27-60)45-65(49-68)35-21-43-78-56-61-28-15-8-16-29-61/h5-16,22-29,36-39,44-52H,17-21,30-35,40-43,53-56H2,1-4H3. The predicted octanol–water partition coefficient (Wildman–Crippen LogP) is 16.1. The molecule has 80 heavy (non-hydrogen) atoms. The first-order chi connectivity index (χ1) is 39.1.